The van der Waals surface area contributed by atoms with E-state index in [4.69, 9.17) is 0 Å². The van der Waals surface area contributed by atoms with Gasteiger partial charge in [0.25, 0.3) is 5.91 Å². The molecule has 0 fully saturated rings. The Labute approximate surface area is 109 Å². The van der Waals surface area contributed by atoms with Crippen molar-refractivity contribution >= 4 is 11.7 Å². The number of aromatic nitrogens is 1. The molecule has 5 nitrogen and oxygen atoms in total. The first-order valence-corrected chi connectivity index (χ1v) is 6.14. The van der Waals surface area contributed by atoms with Gasteiger partial charge in [-0.1, -0.05) is 0 Å². The van der Waals surface area contributed by atoms with E-state index in [-0.39, 0.29) is 5.91 Å². The van der Waals surface area contributed by atoms with E-state index in [9.17, 15) is 4.79 Å². The van der Waals surface area contributed by atoms with Crippen molar-refractivity contribution in [3.05, 3.63) is 23.9 Å². The van der Waals surface area contributed by atoms with Crippen molar-refractivity contribution in [1.82, 2.24) is 14.8 Å². The van der Waals surface area contributed by atoms with Crippen LogP contribution >= 0.6 is 0 Å². The molecule has 0 aliphatic heterocycles. The second-order valence-electron chi connectivity index (χ2n) is 4.49. The minimum atomic E-state index is 0.0263. The minimum absolute atomic E-state index is 0.0263. The molecule has 0 bridgehead atoms. The number of carbonyl (C=O) groups is 1. The fourth-order valence-electron chi connectivity index (χ4n) is 1.51. The van der Waals surface area contributed by atoms with Crippen LogP contribution in [0, 0.1) is 0 Å². The summed E-state index contributed by atoms with van der Waals surface area (Å²) in [5.74, 6) is 0.766. The third-order valence-electron chi connectivity index (χ3n) is 2.59. The molecule has 0 unspecified atom stereocenters. The van der Waals surface area contributed by atoms with Crippen molar-refractivity contribution in [2.75, 3.05) is 46.1 Å². The Hall–Kier alpha value is -1.62. The highest BCUT2D eigenvalue weighted by molar-refractivity contribution is 5.94. The third kappa shape index (κ3) is 4.33. The van der Waals surface area contributed by atoms with E-state index in [0.717, 1.165) is 18.9 Å². The van der Waals surface area contributed by atoms with Gasteiger partial charge in [0.05, 0.1) is 0 Å². The summed E-state index contributed by atoms with van der Waals surface area (Å²) in [5.41, 5.74) is 0.669. The number of nitrogens with one attached hydrogen (secondary N) is 1. The lowest BCUT2D eigenvalue weighted by Gasteiger charge is -2.19. The van der Waals surface area contributed by atoms with Gasteiger partial charge < -0.3 is 15.1 Å². The molecule has 0 aliphatic carbocycles. The molecule has 0 saturated carbocycles. The SMILES string of the molecule is CCNc1cc(C(=O)N(C)CCN(C)C)ccn1. The molecule has 1 N–H and O–H groups in total. The lowest BCUT2D eigenvalue weighted by molar-refractivity contribution is 0.0786. The van der Waals surface area contributed by atoms with Gasteiger partial charge in [0.1, 0.15) is 5.82 Å². The average Bonchev–Trinajstić information content (AvgIpc) is 2.35. The Kier molecular flexibility index (Phi) is 5.58. The lowest BCUT2D eigenvalue weighted by atomic mass is 10.2. The first kappa shape index (κ1) is 14.4. The van der Waals surface area contributed by atoms with Crippen LogP contribution in [-0.2, 0) is 0 Å². The molecule has 1 aromatic heterocycles. The second kappa shape index (κ2) is 6.96. The van der Waals surface area contributed by atoms with Crippen molar-refractivity contribution in [3.63, 3.8) is 0 Å². The highest BCUT2D eigenvalue weighted by Crippen LogP contribution is 2.08. The Morgan fingerprint density at radius 1 is 1.33 bits per heavy atom. The Balaban J connectivity index is 2.67. The van der Waals surface area contributed by atoms with Gasteiger partial charge >= 0.3 is 0 Å². The van der Waals surface area contributed by atoms with Crippen LogP contribution in [0.25, 0.3) is 0 Å². The van der Waals surface area contributed by atoms with Crippen LogP contribution in [0.5, 0.6) is 0 Å². The first-order valence-electron chi connectivity index (χ1n) is 6.14. The van der Waals surface area contributed by atoms with Crippen LogP contribution in [-0.4, -0.2) is 61.5 Å². The van der Waals surface area contributed by atoms with Crippen LogP contribution in [0.2, 0.25) is 0 Å². The minimum Gasteiger partial charge on any atom is -0.370 e. The highest BCUT2D eigenvalue weighted by atomic mass is 16.2. The summed E-state index contributed by atoms with van der Waals surface area (Å²) in [6.45, 7) is 4.36. The van der Waals surface area contributed by atoms with Crippen LogP contribution in [0.15, 0.2) is 18.3 Å². The number of hydrogen-bond donors (Lipinski definition) is 1. The zero-order valence-corrected chi connectivity index (χ0v) is 11.6. The molecule has 1 aromatic rings. The van der Waals surface area contributed by atoms with Crippen LogP contribution < -0.4 is 5.32 Å². The van der Waals surface area contributed by atoms with Gasteiger partial charge in [0, 0.05) is 38.4 Å². The van der Waals surface area contributed by atoms with E-state index in [1.54, 1.807) is 23.2 Å². The monoisotopic (exact) mass is 250 g/mol. The number of likely N-dealkylation sites (N-methyl/N-ethyl adjacent to an activating group) is 2. The Morgan fingerprint density at radius 3 is 2.67 bits per heavy atom. The maximum atomic E-state index is 12.2. The van der Waals surface area contributed by atoms with E-state index in [1.165, 1.54) is 0 Å². The third-order valence-corrected chi connectivity index (χ3v) is 2.59. The summed E-state index contributed by atoms with van der Waals surface area (Å²) < 4.78 is 0. The summed E-state index contributed by atoms with van der Waals surface area (Å²) in [6, 6.07) is 3.54. The number of pyridine rings is 1. The lowest BCUT2D eigenvalue weighted by Crippen LogP contribution is -2.33. The zero-order valence-electron chi connectivity index (χ0n) is 11.6. The molecule has 100 valence electrons. The van der Waals surface area contributed by atoms with Gasteiger partial charge in [-0.05, 0) is 33.2 Å². The summed E-state index contributed by atoms with van der Waals surface area (Å²) >= 11 is 0. The fourth-order valence-corrected chi connectivity index (χ4v) is 1.51. The van der Waals surface area contributed by atoms with Crippen molar-refractivity contribution in [2.45, 2.75) is 6.92 Å². The molecule has 0 radical (unpaired) electrons. The summed E-state index contributed by atoms with van der Waals surface area (Å²) in [7, 11) is 5.81. The number of amides is 1. The number of carbonyl (C=O) groups excluding carboxylic acids is 1. The molecular formula is C13H22N4O. The zero-order chi connectivity index (χ0) is 13.5. The molecule has 1 rings (SSSR count). The normalized spacial score (nSPS) is 10.5. The van der Waals surface area contributed by atoms with E-state index in [2.05, 4.69) is 15.2 Å². The highest BCUT2D eigenvalue weighted by Gasteiger charge is 2.12. The quantitative estimate of drug-likeness (QED) is 0.822. The summed E-state index contributed by atoms with van der Waals surface area (Å²) in [5, 5.41) is 3.10. The van der Waals surface area contributed by atoms with Gasteiger partial charge in [-0.15, -0.1) is 0 Å². The van der Waals surface area contributed by atoms with E-state index >= 15 is 0 Å². The molecule has 0 spiro atoms. The van der Waals surface area contributed by atoms with Crippen LogP contribution in [0.1, 0.15) is 17.3 Å². The van der Waals surface area contributed by atoms with Gasteiger partial charge in [0.2, 0.25) is 0 Å². The molecule has 18 heavy (non-hydrogen) atoms. The van der Waals surface area contributed by atoms with Gasteiger partial charge in [-0.3, -0.25) is 4.79 Å². The summed E-state index contributed by atoms with van der Waals surface area (Å²) in [4.78, 5) is 20.1. The second-order valence-corrected chi connectivity index (χ2v) is 4.49. The topological polar surface area (TPSA) is 48.5 Å². The maximum absolute atomic E-state index is 12.2. The van der Waals surface area contributed by atoms with E-state index < -0.39 is 0 Å². The first-order chi connectivity index (χ1) is 8.54. The molecule has 0 saturated heterocycles. The number of rotatable bonds is 6. The summed E-state index contributed by atoms with van der Waals surface area (Å²) in [6.07, 6.45) is 1.66. The van der Waals surface area contributed by atoms with Crippen LogP contribution in [0.4, 0.5) is 5.82 Å². The van der Waals surface area contributed by atoms with Gasteiger partial charge in [-0.2, -0.15) is 0 Å². The Bertz CT molecular complexity index is 392. The largest absolute Gasteiger partial charge is 0.370 e. The number of nitrogens with zero attached hydrogens (tertiary/aromatic N) is 3. The number of anilines is 1. The Morgan fingerprint density at radius 2 is 2.06 bits per heavy atom. The van der Waals surface area contributed by atoms with Gasteiger partial charge in [0.15, 0.2) is 0 Å². The molecule has 1 heterocycles. The molecule has 5 heteroatoms. The van der Waals surface area contributed by atoms with Crippen LogP contribution in [0.3, 0.4) is 0 Å². The molecular weight excluding hydrogens is 228 g/mol. The predicted molar refractivity (Wildman–Crippen MR) is 73.9 cm³/mol. The molecule has 1 amide bonds. The molecule has 0 aliphatic rings. The van der Waals surface area contributed by atoms with E-state index in [1.807, 2.05) is 28.1 Å². The molecule has 0 aromatic carbocycles. The van der Waals surface area contributed by atoms with Crippen molar-refractivity contribution in [2.24, 2.45) is 0 Å². The smallest absolute Gasteiger partial charge is 0.253 e. The van der Waals surface area contributed by atoms with Crippen molar-refractivity contribution in [3.8, 4) is 0 Å². The average molecular weight is 250 g/mol. The van der Waals surface area contributed by atoms with Gasteiger partial charge in [-0.25, -0.2) is 4.98 Å². The number of hydrogen-bond acceptors (Lipinski definition) is 4. The van der Waals surface area contributed by atoms with Crippen molar-refractivity contribution < 1.29 is 4.79 Å². The van der Waals surface area contributed by atoms with E-state index in [0.29, 0.717) is 12.1 Å². The fraction of sp³-hybridized carbons (Fsp3) is 0.538. The molecule has 0 atom stereocenters. The maximum Gasteiger partial charge on any atom is 0.253 e. The predicted octanol–water partition coefficient (Wildman–Crippen LogP) is 1.15. The standard InChI is InChI=1S/C13H22N4O/c1-5-14-12-10-11(6-7-15-12)13(18)17(4)9-8-16(2)3/h6-7,10H,5,8-9H2,1-4H3,(H,14,15). The van der Waals surface area contributed by atoms with Crippen molar-refractivity contribution in [1.29, 1.82) is 0 Å².